The lowest BCUT2D eigenvalue weighted by Crippen LogP contribution is -2.58. The molecule has 1 spiro atoms. The molecule has 4 nitrogen and oxygen atoms in total. The smallest absolute Gasteiger partial charge is 0.225 e. The zero-order valence-electron chi connectivity index (χ0n) is 13.3. The number of piperidine rings is 1. The normalized spacial score (nSPS) is 31.3. The first-order valence-electron chi connectivity index (χ1n) is 8.52. The van der Waals surface area contributed by atoms with Crippen LogP contribution in [-0.4, -0.2) is 42.8 Å². The Labute approximate surface area is 142 Å². The van der Waals surface area contributed by atoms with E-state index in [4.69, 9.17) is 16.3 Å². The second-order valence-corrected chi connectivity index (χ2v) is 7.64. The topological polar surface area (TPSA) is 41.6 Å². The quantitative estimate of drug-likeness (QED) is 0.904. The molecular formula is C18H23ClN2O2. The summed E-state index contributed by atoms with van der Waals surface area (Å²) in [5.41, 5.74) is 1.44. The average molecular weight is 335 g/mol. The van der Waals surface area contributed by atoms with E-state index < -0.39 is 0 Å². The van der Waals surface area contributed by atoms with E-state index >= 15 is 0 Å². The lowest BCUT2D eigenvalue weighted by atomic mass is 9.68. The first-order valence-corrected chi connectivity index (χ1v) is 8.90. The Morgan fingerprint density at radius 1 is 1.22 bits per heavy atom. The Hall–Kier alpha value is -1.10. The van der Waals surface area contributed by atoms with Gasteiger partial charge in [0, 0.05) is 29.6 Å². The molecule has 0 bridgehead atoms. The van der Waals surface area contributed by atoms with Gasteiger partial charge in [-0.05, 0) is 49.3 Å². The van der Waals surface area contributed by atoms with E-state index in [9.17, 15) is 4.79 Å². The molecule has 5 heteroatoms. The summed E-state index contributed by atoms with van der Waals surface area (Å²) in [6, 6.07) is 8.15. The van der Waals surface area contributed by atoms with Crippen molar-refractivity contribution in [3.8, 4) is 0 Å². The second kappa shape index (κ2) is 6.08. The molecular weight excluding hydrogens is 312 g/mol. The van der Waals surface area contributed by atoms with Crippen molar-refractivity contribution in [2.45, 2.75) is 37.1 Å². The van der Waals surface area contributed by atoms with Gasteiger partial charge >= 0.3 is 0 Å². The van der Waals surface area contributed by atoms with Gasteiger partial charge in [-0.1, -0.05) is 23.7 Å². The maximum Gasteiger partial charge on any atom is 0.225 e. The highest BCUT2D eigenvalue weighted by Gasteiger charge is 2.50. The lowest BCUT2D eigenvalue weighted by molar-refractivity contribution is -0.142. The Morgan fingerprint density at radius 2 is 1.91 bits per heavy atom. The van der Waals surface area contributed by atoms with Crippen LogP contribution in [0.25, 0.3) is 0 Å². The van der Waals surface area contributed by atoms with Gasteiger partial charge in [-0.3, -0.25) is 10.1 Å². The van der Waals surface area contributed by atoms with E-state index in [1.807, 2.05) is 12.1 Å². The minimum atomic E-state index is 0.0992. The molecule has 2 aliphatic heterocycles. The number of hydrogen-bond acceptors (Lipinski definition) is 3. The molecule has 124 valence electrons. The number of carbonyl (C=O) groups excluding carboxylic acids is 1. The number of nitrogens with zero attached hydrogens (tertiary/aromatic N) is 1. The first kappa shape index (κ1) is 15.4. The van der Waals surface area contributed by atoms with Crippen molar-refractivity contribution in [2.24, 2.45) is 5.92 Å². The van der Waals surface area contributed by atoms with Gasteiger partial charge in [-0.2, -0.15) is 0 Å². The van der Waals surface area contributed by atoms with Crippen LogP contribution >= 0.6 is 11.6 Å². The molecule has 3 fully saturated rings. The van der Waals surface area contributed by atoms with Crippen LogP contribution in [0, 0.1) is 5.92 Å². The number of amides is 1. The van der Waals surface area contributed by atoms with Crippen LogP contribution in [0.5, 0.6) is 0 Å². The molecule has 23 heavy (non-hydrogen) atoms. The summed E-state index contributed by atoms with van der Waals surface area (Å²) in [6.07, 6.45) is 3.96. The molecule has 1 amide bonds. The van der Waals surface area contributed by atoms with E-state index in [-0.39, 0.29) is 11.5 Å². The predicted octanol–water partition coefficient (Wildman–Crippen LogP) is 2.77. The zero-order valence-corrected chi connectivity index (χ0v) is 14.0. The van der Waals surface area contributed by atoms with Crippen LogP contribution in [0.15, 0.2) is 24.3 Å². The van der Waals surface area contributed by atoms with Crippen molar-refractivity contribution in [1.82, 2.24) is 10.2 Å². The number of nitrogens with one attached hydrogen (secondary N) is 1. The molecule has 1 aromatic rings. The number of carbonyl (C=O) groups is 1. The van der Waals surface area contributed by atoms with Crippen LogP contribution < -0.4 is 5.32 Å². The summed E-state index contributed by atoms with van der Waals surface area (Å²) in [6.45, 7) is 3.14. The molecule has 1 aromatic carbocycles. The maximum atomic E-state index is 12.6. The predicted molar refractivity (Wildman–Crippen MR) is 89.4 cm³/mol. The number of likely N-dealkylation sites (tertiary alicyclic amines) is 1. The van der Waals surface area contributed by atoms with Crippen LogP contribution in [0.3, 0.4) is 0 Å². The minimum absolute atomic E-state index is 0.0992. The average Bonchev–Trinajstić information content (AvgIpc) is 3.04. The number of halogens is 1. The molecule has 0 radical (unpaired) electrons. The molecule has 3 aliphatic rings. The van der Waals surface area contributed by atoms with Crippen molar-refractivity contribution in [3.05, 3.63) is 34.9 Å². The summed E-state index contributed by atoms with van der Waals surface area (Å²) < 4.78 is 5.40. The second-order valence-electron chi connectivity index (χ2n) is 7.21. The lowest BCUT2D eigenvalue weighted by Gasteiger charge is -2.45. The Morgan fingerprint density at radius 3 is 2.52 bits per heavy atom. The summed E-state index contributed by atoms with van der Waals surface area (Å²) in [5, 5.41) is 4.17. The third-order valence-corrected chi connectivity index (χ3v) is 5.95. The Bertz CT molecular complexity index is 567. The van der Waals surface area contributed by atoms with Gasteiger partial charge in [0.15, 0.2) is 0 Å². The molecule has 1 aliphatic carbocycles. The SMILES string of the molecule is O=C([C@H]1C[C@]2(COCN2)C1)N1CCC(c2ccc(Cl)cc2)CC1. The van der Waals surface area contributed by atoms with Gasteiger partial charge < -0.3 is 9.64 Å². The number of hydrogen-bond donors (Lipinski definition) is 1. The summed E-state index contributed by atoms with van der Waals surface area (Å²) in [7, 11) is 0. The van der Waals surface area contributed by atoms with Crippen molar-refractivity contribution in [3.63, 3.8) is 0 Å². The van der Waals surface area contributed by atoms with Gasteiger partial charge in [-0.25, -0.2) is 0 Å². The molecule has 0 aromatic heterocycles. The van der Waals surface area contributed by atoms with Gasteiger partial charge in [0.1, 0.15) is 0 Å². The minimum Gasteiger partial charge on any atom is -0.364 e. The van der Waals surface area contributed by atoms with E-state index in [1.54, 1.807) is 0 Å². The summed E-state index contributed by atoms with van der Waals surface area (Å²) in [4.78, 5) is 14.7. The highest BCUT2D eigenvalue weighted by molar-refractivity contribution is 6.30. The highest BCUT2D eigenvalue weighted by atomic mass is 35.5. The number of ether oxygens (including phenoxy) is 1. The Kier molecular flexibility index (Phi) is 4.08. The van der Waals surface area contributed by atoms with Crippen LogP contribution in [0.4, 0.5) is 0 Å². The van der Waals surface area contributed by atoms with Crippen LogP contribution in [0.1, 0.15) is 37.2 Å². The van der Waals surface area contributed by atoms with E-state index in [0.29, 0.717) is 18.6 Å². The van der Waals surface area contributed by atoms with Gasteiger partial charge in [0.2, 0.25) is 5.91 Å². The monoisotopic (exact) mass is 334 g/mol. The Balaban J connectivity index is 1.29. The van der Waals surface area contributed by atoms with Gasteiger partial charge in [-0.15, -0.1) is 0 Å². The highest BCUT2D eigenvalue weighted by Crippen LogP contribution is 2.41. The van der Waals surface area contributed by atoms with E-state index in [0.717, 1.165) is 50.4 Å². The third-order valence-electron chi connectivity index (χ3n) is 5.70. The van der Waals surface area contributed by atoms with E-state index in [1.165, 1.54) is 5.56 Å². The number of rotatable bonds is 2. The first-order chi connectivity index (χ1) is 11.2. The maximum absolute atomic E-state index is 12.6. The van der Waals surface area contributed by atoms with Crippen LogP contribution in [-0.2, 0) is 9.53 Å². The van der Waals surface area contributed by atoms with Gasteiger partial charge in [0.25, 0.3) is 0 Å². The molecule has 0 atom stereocenters. The summed E-state index contributed by atoms with van der Waals surface area (Å²) in [5.74, 6) is 1.09. The van der Waals surface area contributed by atoms with Crippen molar-refractivity contribution in [2.75, 3.05) is 26.4 Å². The fourth-order valence-corrected chi connectivity index (χ4v) is 4.37. The van der Waals surface area contributed by atoms with Gasteiger partial charge in [0.05, 0.1) is 13.3 Å². The number of benzene rings is 1. The van der Waals surface area contributed by atoms with E-state index in [2.05, 4.69) is 22.3 Å². The van der Waals surface area contributed by atoms with Crippen LogP contribution in [0.2, 0.25) is 5.02 Å². The summed E-state index contributed by atoms with van der Waals surface area (Å²) >= 11 is 5.96. The molecule has 2 heterocycles. The fourth-order valence-electron chi connectivity index (χ4n) is 4.25. The third kappa shape index (κ3) is 3.00. The molecule has 2 saturated heterocycles. The van der Waals surface area contributed by atoms with Crippen molar-refractivity contribution in [1.29, 1.82) is 0 Å². The standard InChI is InChI=1S/C18H23ClN2O2/c19-16-3-1-13(2-4-16)14-5-7-21(8-6-14)17(22)15-9-18(10-15)11-23-12-20-18/h1-4,14-15,20H,5-12H2/t15-,18+. The van der Waals surface area contributed by atoms with Crippen molar-refractivity contribution >= 4 is 17.5 Å². The molecule has 1 saturated carbocycles. The fraction of sp³-hybridized carbons (Fsp3) is 0.611. The molecule has 0 unspecified atom stereocenters. The molecule has 4 rings (SSSR count). The van der Waals surface area contributed by atoms with Crippen molar-refractivity contribution < 1.29 is 9.53 Å². The molecule has 1 N–H and O–H groups in total. The zero-order chi connectivity index (χ0) is 15.9. The largest absolute Gasteiger partial charge is 0.364 e.